The van der Waals surface area contributed by atoms with E-state index in [0.29, 0.717) is 23.0 Å². The summed E-state index contributed by atoms with van der Waals surface area (Å²) < 4.78 is 11.5. The molecule has 1 aliphatic rings. The molecule has 0 saturated heterocycles. The number of thiocarbonyl (C=S) groups is 1. The highest BCUT2D eigenvalue weighted by atomic mass is 79.9. The Kier molecular flexibility index (Phi) is 6.62. The lowest BCUT2D eigenvalue weighted by Gasteiger charge is -2.29. The van der Waals surface area contributed by atoms with E-state index in [1.165, 1.54) is 7.11 Å². The monoisotopic (exact) mass is 412 g/mol. The van der Waals surface area contributed by atoms with E-state index < -0.39 is 0 Å². The van der Waals surface area contributed by atoms with E-state index in [1.54, 1.807) is 0 Å². The van der Waals surface area contributed by atoms with Crippen LogP contribution in [0.5, 0.6) is 5.75 Å². The molecule has 2 N–H and O–H groups in total. The Bertz CT molecular complexity index is 676. The molecule has 0 amide bonds. The number of hydrogen-bond donors (Lipinski definition) is 2. The predicted octanol–water partition coefficient (Wildman–Crippen LogP) is 3.59. The minimum Gasteiger partial charge on any atom is -0.492 e. The van der Waals surface area contributed by atoms with Crippen molar-refractivity contribution in [1.29, 1.82) is 0 Å². The van der Waals surface area contributed by atoms with Gasteiger partial charge in [-0.25, -0.2) is 4.79 Å². The van der Waals surface area contributed by atoms with E-state index in [9.17, 15) is 4.79 Å². The van der Waals surface area contributed by atoms with Crippen LogP contribution in [0.3, 0.4) is 0 Å². The van der Waals surface area contributed by atoms with Crippen molar-refractivity contribution in [3.05, 3.63) is 39.5 Å². The van der Waals surface area contributed by atoms with Crippen molar-refractivity contribution in [3.8, 4) is 5.75 Å². The predicted molar refractivity (Wildman–Crippen MR) is 101 cm³/mol. The first-order valence-corrected chi connectivity index (χ1v) is 8.96. The topological polar surface area (TPSA) is 59.6 Å². The SMILES string of the molecule is CCCCOc1ccc([C@H]2NC(=S)NC(C)=C2C(=O)OC)cc1Br. The van der Waals surface area contributed by atoms with Crippen LogP contribution in [0, 0.1) is 0 Å². The molecule has 0 spiro atoms. The number of nitrogens with one attached hydrogen (secondary N) is 2. The van der Waals surface area contributed by atoms with Crippen molar-refractivity contribution >= 4 is 39.2 Å². The lowest BCUT2D eigenvalue weighted by Crippen LogP contribution is -2.45. The number of carbonyl (C=O) groups is 1. The lowest BCUT2D eigenvalue weighted by molar-refractivity contribution is -0.136. The molecule has 0 saturated carbocycles. The van der Waals surface area contributed by atoms with Crippen LogP contribution in [-0.4, -0.2) is 24.8 Å². The van der Waals surface area contributed by atoms with Gasteiger partial charge in [0.25, 0.3) is 0 Å². The molecule has 1 aliphatic heterocycles. The highest BCUT2D eigenvalue weighted by Crippen LogP contribution is 2.33. The van der Waals surface area contributed by atoms with Crippen molar-refractivity contribution in [1.82, 2.24) is 10.6 Å². The molecule has 1 aromatic rings. The van der Waals surface area contributed by atoms with Crippen molar-refractivity contribution in [2.24, 2.45) is 0 Å². The Morgan fingerprint density at radius 3 is 2.79 bits per heavy atom. The second kappa shape index (κ2) is 8.48. The number of halogens is 1. The molecule has 0 unspecified atom stereocenters. The maximum Gasteiger partial charge on any atom is 0.337 e. The third-order valence-corrected chi connectivity index (χ3v) is 4.56. The van der Waals surface area contributed by atoms with Gasteiger partial charge in [0.15, 0.2) is 5.11 Å². The van der Waals surface area contributed by atoms with Crippen molar-refractivity contribution in [3.63, 3.8) is 0 Å². The lowest BCUT2D eigenvalue weighted by atomic mass is 9.95. The number of ether oxygens (including phenoxy) is 2. The molecule has 1 heterocycles. The number of hydrogen-bond acceptors (Lipinski definition) is 4. The van der Waals surface area contributed by atoms with Gasteiger partial charge < -0.3 is 20.1 Å². The van der Waals surface area contributed by atoms with Gasteiger partial charge >= 0.3 is 5.97 Å². The summed E-state index contributed by atoms with van der Waals surface area (Å²) in [5.74, 6) is 0.392. The molecule has 2 rings (SSSR count). The summed E-state index contributed by atoms with van der Waals surface area (Å²) in [4.78, 5) is 12.2. The number of rotatable bonds is 6. The van der Waals surface area contributed by atoms with E-state index in [2.05, 4.69) is 33.5 Å². The molecule has 0 radical (unpaired) electrons. The van der Waals surface area contributed by atoms with Crippen molar-refractivity contribution in [2.45, 2.75) is 32.7 Å². The van der Waals surface area contributed by atoms with Crippen molar-refractivity contribution in [2.75, 3.05) is 13.7 Å². The molecule has 7 heteroatoms. The average Bonchev–Trinajstić information content (AvgIpc) is 2.55. The number of benzene rings is 1. The summed E-state index contributed by atoms with van der Waals surface area (Å²) in [6.07, 6.45) is 2.09. The zero-order valence-corrected chi connectivity index (χ0v) is 16.3. The van der Waals surface area contributed by atoms with Crippen LogP contribution in [0.4, 0.5) is 0 Å². The first-order valence-electron chi connectivity index (χ1n) is 7.76. The van der Waals surface area contributed by atoms with E-state index >= 15 is 0 Å². The second-order valence-corrected chi connectivity index (χ2v) is 6.72. The third-order valence-electron chi connectivity index (χ3n) is 3.72. The molecular weight excluding hydrogens is 392 g/mol. The van der Waals surface area contributed by atoms with Crippen LogP contribution in [-0.2, 0) is 9.53 Å². The van der Waals surface area contributed by atoms with Crippen LogP contribution < -0.4 is 15.4 Å². The number of unbranched alkanes of at least 4 members (excludes halogenated alkanes) is 1. The van der Waals surface area contributed by atoms with E-state index in [-0.39, 0.29) is 12.0 Å². The molecule has 24 heavy (non-hydrogen) atoms. The van der Waals surface area contributed by atoms with Gasteiger partial charge in [-0.3, -0.25) is 0 Å². The van der Waals surface area contributed by atoms with Crippen LogP contribution in [0.2, 0.25) is 0 Å². The fraction of sp³-hybridized carbons (Fsp3) is 0.412. The van der Waals surface area contributed by atoms with Gasteiger partial charge in [0.1, 0.15) is 5.75 Å². The molecular formula is C17H21BrN2O3S. The molecule has 0 aromatic heterocycles. The summed E-state index contributed by atoms with van der Waals surface area (Å²) in [5, 5.41) is 6.57. The zero-order valence-electron chi connectivity index (χ0n) is 13.9. The largest absolute Gasteiger partial charge is 0.492 e. The van der Waals surface area contributed by atoms with Crippen molar-refractivity contribution < 1.29 is 14.3 Å². The summed E-state index contributed by atoms with van der Waals surface area (Å²) >= 11 is 8.76. The van der Waals surface area contributed by atoms with E-state index in [0.717, 1.165) is 28.6 Å². The normalized spacial score (nSPS) is 17.2. The molecule has 5 nitrogen and oxygen atoms in total. The number of carbonyl (C=O) groups excluding carboxylic acids is 1. The van der Waals surface area contributed by atoms with E-state index in [1.807, 2.05) is 25.1 Å². The Hall–Kier alpha value is -1.60. The Morgan fingerprint density at radius 2 is 2.17 bits per heavy atom. The average molecular weight is 413 g/mol. The molecule has 130 valence electrons. The fourth-order valence-electron chi connectivity index (χ4n) is 2.46. The first-order chi connectivity index (χ1) is 11.5. The standard InChI is InChI=1S/C17H21BrN2O3S/c1-4-5-8-23-13-7-6-11(9-12(13)18)15-14(16(21)22-3)10(2)19-17(24)20-15/h6-7,9,15H,4-5,8H2,1-3H3,(H2,19,20,24)/t15-/m1/s1. The summed E-state index contributed by atoms with van der Waals surface area (Å²) in [6, 6.07) is 5.38. The van der Waals surface area contributed by atoms with Gasteiger partial charge in [-0.2, -0.15) is 0 Å². The Morgan fingerprint density at radius 1 is 1.42 bits per heavy atom. The molecule has 0 aliphatic carbocycles. The highest BCUT2D eigenvalue weighted by Gasteiger charge is 2.30. The molecule has 1 aromatic carbocycles. The minimum absolute atomic E-state index is 0.368. The fourth-order valence-corrected chi connectivity index (χ4v) is 3.25. The highest BCUT2D eigenvalue weighted by molar-refractivity contribution is 9.10. The van der Waals surface area contributed by atoms with Gasteiger partial charge in [-0.1, -0.05) is 19.4 Å². The smallest absolute Gasteiger partial charge is 0.337 e. The Balaban J connectivity index is 2.31. The van der Waals surface area contributed by atoms with Gasteiger partial charge in [-0.15, -0.1) is 0 Å². The first kappa shape index (κ1) is 18.7. The maximum absolute atomic E-state index is 12.2. The van der Waals surface area contributed by atoms with Crippen LogP contribution in [0.25, 0.3) is 0 Å². The Labute approximate surface area is 155 Å². The summed E-state index contributed by atoms with van der Waals surface area (Å²) in [7, 11) is 1.37. The third kappa shape index (κ3) is 4.27. The molecule has 0 fully saturated rings. The second-order valence-electron chi connectivity index (χ2n) is 5.45. The van der Waals surface area contributed by atoms with Gasteiger partial charge in [-0.05, 0) is 59.2 Å². The molecule has 1 atom stereocenters. The van der Waals surface area contributed by atoms with Crippen LogP contribution in [0.1, 0.15) is 38.3 Å². The molecule has 0 bridgehead atoms. The number of esters is 1. The van der Waals surface area contributed by atoms with Gasteiger partial charge in [0.2, 0.25) is 0 Å². The number of allylic oxidation sites excluding steroid dienone is 1. The van der Waals surface area contributed by atoms with Gasteiger partial charge in [0.05, 0.1) is 29.8 Å². The number of methoxy groups -OCH3 is 1. The quantitative estimate of drug-likeness (QED) is 0.422. The van der Waals surface area contributed by atoms with Gasteiger partial charge in [0, 0.05) is 5.70 Å². The maximum atomic E-state index is 12.2. The summed E-state index contributed by atoms with van der Waals surface area (Å²) in [5.41, 5.74) is 2.10. The van der Waals surface area contributed by atoms with Crippen LogP contribution in [0.15, 0.2) is 33.9 Å². The summed E-state index contributed by atoms with van der Waals surface area (Å²) in [6.45, 7) is 4.61. The van der Waals surface area contributed by atoms with Crippen LogP contribution >= 0.6 is 28.1 Å². The zero-order chi connectivity index (χ0) is 17.7. The minimum atomic E-state index is -0.389. The van der Waals surface area contributed by atoms with E-state index in [4.69, 9.17) is 21.7 Å².